The molecule has 450 valence electrons. The number of ether oxygens (including phenoxy) is 3. The van der Waals surface area contributed by atoms with Crippen molar-refractivity contribution >= 4 is 17.9 Å². The molecule has 0 fully saturated rings. The Kier molecular flexibility index (Phi) is 63.2. The first-order valence-electron chi connectivity index (χ1n) is 33.6. The molecule has 1 unspecified atom stereocenters. The molecular weight excluding hydrogens is 961 g/mol. The molecule has 0 aromatic heterocycles. The Hall–Kier alpha value is -3.41. The highest BCUT2D eigenvalue weighted by Crippen LogP contribution is 2.17. The summed E-state index contributed by atoms with van der Waals surface area (Å²) >= 11 is 0. The first-order chi connectivity index (χ1) is 38.5. The number of carbonyl (C=O) groups excluding carboxylic acids is 3. The van der Waals surface area contributed by atoms with E-state index < -0.39 is 6.10 Å². The summed E-state index contributed by atoms with van der Waals surface area (Å²) in [5, 5.41) is 0. The molecule has 0 heterocycles. The Labute approximate surface area is 484 Å². The van der Waals surface area contributed by atoms with Crippen LogP contribution < -0.4 is 0 Å². The molecular formula is C72H126O6. The topological polar surface area (TPSA) is 78.9 Å². The van der Waals surface area contributed by atoms with Gasteiger partial charge in [-0.05, 0) is 96.3 Å². The monoisotopic (exact) mass is 1090 g/mol. The summed E-state index contributed by atoms with van der Waals surface area (Å²) in [6.07, 6.45) is 87.3. The highest BCUT2D eigenvalue weighted by molar-refractivity contribution is 5.71. The molecule has 0 rings (SSSR count). The van der Waals surface area contributed by atoms with Crippen molar-refractivity contribution in [3.63, 3.8) is 0 Å². The zero-order valence-electron chi connectivity index (χ0n) is 51.7. The van der Waals surface area contributed by atoms with E-state index in [1.165, 1.54) is 193 Å². The van der Waals surface area contributed by atoms with Crippen molar-refractivity contribution < 1.29 is 28.6 Å². The molecule has 0 bridgehead atoms. The average molecular weight is 1090 g/mol. The lowest BCUT2D eigenvalue weighted by atomic mass is 10.0. The lowest BCUT2D eigenvalue weighted by molar-refractivity contribution is -0.167. The van der Waals surface area contributed by atoms with Crippen LogP contribution in [0.25, 0.3) is 0 Å². The van der Waals surface area contributed by atoms with Crippen molar-refractivity contribution in [1.29, 1.82) is 0 Å². The van der Waals surface area contributed by atoms with E-state index >= 15 is 0 Å². The van der Waals surface area contributed by atoms with Crippen LogP contribution in [0.2, 0.25) is 0 Å². The summed E-state index contributed by atoms with van der Waals surface area (Å²) in [5.41, 5.74) is 0. The van der Waals surface area contributed by atoms with Crippen LogP contribution in [0.15, 0.2) is 85.1 Å². The highest BCUT2D eigenvalue weighted by Gasteiger charge is 2.19. The number of esters is 3. The zero-order valence-corrected chi connectivity index (χ0v) is 51.7. The minimum absolute atomic E-state index is 0.0875. The second-order valence-corrected chi connectivity index (χ2v) is 22.4. The maximum Gasteiger partial charge on any atom is 0.306 e. The standard InChI is InChI=1S/C72H126O6/c1-4-7-10-13-16-19-22-25-28-31-34-35-36-37-39-41-44-47-50-53-56-59-62-65-71(74)77-68-69(67-76-70(73)64-61-58-55-52-49-46-43-40-33-30-27-24-21-18-15-12-9-6-3)78-72(75)66-63-60-57-54-51-48-45-42-38-32-29-26-23-20-17-14-11-8-5-2/h8,11,17,20,22,25-26,29,31,34,38,42,48,51,69H,4-7,9-10,12-16,18-19,21,23-24,27-28,30,32-33,35-37,39-41,43-47,49-50,52-68H2,1-3H3/b11-8-,20-17-,25-22-,29-26-,34-31-,42-38-,51-48-. The van der Waals surface area contributed by atoms with Gasteiger partial charge < -0.3 is 14.2 Å². The van der Waals surface area contributed by atoms with Crippen LogP contribution in [0, 0.1) is 0 Å². The molecule has 0 aromatic carbocycles. The molecule has 0 saturated heterocycles. The first-order valence-corrected chi connectivity index (χ1v) is 33.6. The molecule has 0 aliphatic carbocycles. The molecule has 0 N–H and O–H groups in total. The van der Waals surface area contributed by atoms with E-state index in [4.69, 9.17) is 14.2 Å². The van der Waals surface area contributed by atoms with Crippen LogP contribution in [0.1, 0.15) is 335 Å². The molecule has 0 saturated carbocycles. The maximum atomic E-state index is 12.9. The number of rotatable bonds is 61. The van der Waals surface area contributed by atoms with Gasteiger partial charge >= 0.3 is 17.9 Å². The highest BCUT2D eigenvalue weighted by atomic mass is 16.6. The third-order valence-corrected chi connectivity index (χ3v) is 14.6. The van der Waals surface area contributed by atoms with Gasteiger partial charge in [-0.2, -0.15) is 0 Å². The normalized spacial score (nSPS) is 12.6. The molecule has 0 amide bonds. The largest absolute Gasteiger partial charge is 0.462 e. The fourth-order valence-corrected chi connectivity index (χ4v) is 9.62. The molecule has 1 atom stereocenters. The molecule has 6 nitrogen and oxygen atoms in total. The van der Waals surface area contributed by atoms with Crippen LogP contribution in [-0.2, 0) is 28.6 Å². The summed E-state index contributed by atoms with van der Waals surface area (Å²) in [5.74, 6) is -0.905. The van der Waals surface area contributed by atoms with E-state index in [1.807, 2.05) is 0 Å². The van der Waals surface area contributed by atoms with Crippen LogP contribution in [-0.4, -0.2) is 37.2 Å². The summed E-state index contributed by atoms with van der Waals surface area (Å²) < 4.78 is 16.9. The second-order valence-electron chi connectivity index (χ2n) is 22.4. The van der Waals surface area contributed by atoms with Gasteiger partial charge in [0.2, 0.25) is 0 Å². The zero-order chi connectivity index (χ0) is 56.4. The van der Waals surface area contributed by atoms with Gasteiger partial charge in [-0.25, -0.2) is 0 Å². The number of hydrogen-bond acceptors (Lipinski definition) is 6. The second kappa shape index (κ2) is 66.1. The van der Waals surface area contributed by atoms with Crippen LogP contribution in [0.4, 0.5) is 0 Å². The van der Waals surface area contributed by atoms with E-state index in [-0.39, 0.29) is 31.1 Å². The molecule has 0 aromatic rings. The van der Waals surface area contributed by atoms with E-state index in [2.05, 4.69) is 106 Å². The fraction of sp³-hybridized carbons (Fsp3) is 0.764. The molecule has 0 aliphatic rings. The van der Waals surface area contributed by atoms with E-state index in [0.717, 1.165) is 103 Å². The number of hydrogen-bond donors (Lipinski definition) is 0. The Morgan fingerprint density at radius 1 is 0.269 bits per heavy atom. The predicted octanol–water partition coefficient (Wildman–Crippen LogP) is 23.1. The summed E-state index contributed by atoms with van der Waals surface area (Å²) in [6.45, 7) is 6.54. The Morgan fingerprint density at radius 2 is 0.500 bits per heavy atom. The minimum atomic E-state index is -0.795. The molecule has 6 heteroatoms. The summed E-state index contributed by atoms with van der Waals surface area (Å²) in [7, 11) is 0. The van der Waals surface area contributed by atoms with Crippen molar-refractivity contribution in [2.24, 2.45) is 0 Å². The van der Waals surface area contributed by atoms with Gasteiger partial charge in [0, 0.05) is 19.3 Å². The van der Waals surface area contributed by atoms with Gasteiger partial charge in [-0.3, -0.25) is 14.4 Å². The van der Waals surface area contributed by atoms with Crippen molar-refractivity contribution in [3.05, 3.63) is 85.1 Å². The van der Waals surface area contributed by atoms with Gasteiger partial charge in [0.1, 0.15) is 13.2 Å². The minimum Gasteiger partial charge on any atom is -0.462 e. The smallest absolute Gasteiger partial charge is 0.306 e. The van der Waals surface area contributed by atoms with E-state index in [9.17, 15) is 14.4 Å². The molecule has 78 heavy (non-hydrogen) atoms. The van der Waals surface area contributed by atoms with Crippen LogP contribution in [0.3, 0.4) is 0 Å². The lowest BCUT2D eigenvalue weighted by Crippen LogP contribution is -2.30. The SMILES string of the molecule is CC/C=C\C/C=C\C/C=C\C/C=C\C/C=C\CCCCCC(=O)OC(COC(=O)CCCCCCCCCCCCC/C=C\C/C=C\CCCCCCC)COC(=O)CCCCCCCCCCCCCCCCCCCC. The summed E-state index contributed by atoms with van der Waals surface area (Å²) in [6, 6.07) is 0. The van der Waals surface area contributed by atoms with Crippen LogP contribution >= 0.6 is 0 Å². The van der Waals surface area contributed by atoms with Crippen molar-refractivity contribution in [2.45, 2.75) is 341 Å². The maximum absolute atomic E-state index is 12.9. The lowest BCUT2D eigenvalue weighted by Gasteiger charge is -2.18. The first kappa shape index (κ1) is 74.6. The van der Waals surface area contributed by atoms with Gasteiger partial charge in [0.25, 0.3) is 0 Å². The number of allylic oxidation sites excluding steroid dienone is 14. The molecule has 0 spiro atoms. The molecule has 0 aliphatic heterocycles. The van der Waals surface area contributed by atoms with Gasteiger partial charge in [0.15, 0.2) is 6.10 Å². The Morgan fingerprint density at radius 3 is 0.795 bits per heavy atom. The van der Waals surface area contributed by atoms with Gasteiger partial charge in [0.05, 0.1) is 0 Å². The Bertz CT molecular complexity index is 1480. The summed E-state index contributed by atoms with van der Waals surface area (Å²) in [4.78, 5) is 38.4. The van der Waals surface area contributed by atoms with Gasteiger partial charge in [-0.1, -0.05) is 305 Å². The van der Waals surface area contributed by atoms with Crippen molar-refractivity contribution in [2.75, 3.05) is 13.2 Å². The van der Waals surface area contributed by atoms with E-state index in [1.54, 1.807) is 0 Å². The van der Waals surface area contributed by atoms with E-state index in [0.29, 0.717) is 19.3 Å². The predicted molar refractivity (Wildman–Crippen MR) is 339 cm³/mol. The third kappa shape index (κ3) is 63.4. The fourth-order valence-electron chi connectivity index (χ4n) is 9.62. The quantitative estimate of drug-likeness (QED) is 0.0261. The van der Waals surface area contributed by atoms with Crippen molar-refractivity contribution in [1.82, 2.24) is 0 Å². The number of unbranched alkanes of at least 4 members (excludes halogenated alkanes) is 36. The third-order valence-electron chi connectivity index (χ3n) is 14.6. The van der Waals surface area contributed by atoms with Crippen molar-refractivity contribution in [3.8, 4) is 0 Å². The Balaban J connectivity index is 4.40. The number of carbonyl (C=O) groups is 3. The van der Waals surface area contributed by atoms with Gasteiger partial charge in [-0.15, -0.1) is 0 Å². The van der Waals surface area contributed by atoms with Crippen LogP contribution in [0.5, 0.6) is 0 Å². The molecule has 0 radical (unpaired) electrons. The average Bonchev–Trinajstić information content (AvgIpc) is 3.44.